The van der Waals surface area contributed by atoms with Crippen LogP contribution in [0.3, 0.4) is 0 Å². The predicted octanol–water partition coefficient (Wildman–Crippen LogP) is 21.1. The summed E-state index contributed by atoms with van der Waals surface area (Å²) in [6.07, 6.45) is 0. The first kappa shape index (κ1) is 58.6. The maximum Gasteiger partial charge on any atom is 0.256 e. The van der Waals surface area contributed by atoms with Gasteiger partial charge in [0.05, 0.1) is 17.1 Å². The average Bonchev–Trinajstić information content (AvgIpc) is 1.21. The van der Waals surface area contributed by atoms with E-state index in [-0.39, 0.29) is 39.2 Å². The van der Waals surface area contributed by atoms with E-state index in [1.807, 2.05) is 0 Å². The molecule has 0 atom stereocenters. The van der Waals surface area contributed by atoms with Crippen molar-refractivity contribution >= 4 is 74.3 Å². The van der Waals surface area contributed by atoms with E-state index < -0.39 is 5.41 Å². The number of fused-ring (bicyclic) bond motifs is 7. The number of benzene rings is 9. The van der Waals surface area contributed by atoms with Crippen molar-refractivity contribution in [3.63, 3.8) is 0 Å². The topological polar surface area (TPSA) is 19.0 Å². The van der Waals surface area contributed by atoms with Crippen LogP contribution in [0.1, 0.15) is 183 Å². The third-order valence-corrected chi connectivity index (χ3v) is 18.8. The minimum absolute atomic E-state index is 0.00489. The number of hydrogen-bond acceptors (Lipinski definition) is 4. The zero-order valence-corrected chi connectivity index (χ0v) is 55.1. The monoisotopic (exact) mass is 1130 g/mol. The van der Waals surface area contributed by atoms with Gasteiger partial charge in [0.1, 0.15) is 11.5 Å². The van der Waals surface area contributed by atoms with Crippen LogP contribution in [0, 0.1) is 0 Å². The van der Waals surface area contributed by atoms with Gasteiger partial charge in [-0.1, -0.05) is 236 Å². The molecule has 5 heteroatoms. The van der Waals surface area contributed by atoms with Crippen LogP contribution in [-0.4, -0.2) is 6.71 Å². The summed E-state index contributed by atoms with van der Waals surface area (Å²) in [5.41, 5.74) is 26.0. The molecule has 0 radical (unpaired) electrons. The van der Waals surface area contributed by atoms with Crippen molar-refractivity contribution in [1.82, 2.24) is 0 Å². The van der Waals surface area contributed by atoms with Crippen LogP contribution in [0.5, 0.6) is 11.5 Å². The number of ether oxygens (including phenoxy) is 1. The first-order valence-electron chi connectivity index (χ1n) is 31.4. The highest BCUT2D eigenvalue weighted by molar-refractivity contribution is 6.99. The number of hydrogen-bond donors (Lipinski definition) is 0. The summed E-state index contributed by atoms with van der Waals surface area (Å²) < 4.78 is 7.51. The van der Waals surface area contributed by atoms with Crippen molar-refractivity contribution in [2.75, 3.05) is 14.7 Å². The molecule has 4 nitrogen and oxygen atoms in total. The fraction of sp³-hybridized carbons (Fsp3) is 0.333. The summed E-state index contributed by atoms with van der Waals surface area (Å²) in [6, 6.07) is 70.3. The summed E-state index contributed by atoms with van der Waals surface area (Å²) in [6.45, 7) is 46.3. The average molecular weight is 1130 g/mol. The van der Waals surface area contributed by atoms with Gasteiger partial charge >= 0.3 is 0 Å². The highest BCUT2D eigenvalue weighted by atomic mass is 16.5. The fourth-order valence-electron chi connectivity index (χ4n) is 13.6. The van der Waals surface area contributed by atoms with Crippen molar-refractivity contribution in [3.05, 3.63) is 226 Å². The van der Waals surface area contributed by atoms with Crippen molar-refractivity contribution < 1.29 is 4.74 Å². The van der Waals surface area contributed by atoms with Crippen molar-refractivity contribution in [3.8, 4) is 22.6 Å². The molecule has 0 bridgehead atoms. The third-order valence-electron chi connectivity index (χ3n) is 18.8. The molecule has 9 aromatic rings. The fourth-order valence-corrected chi connectivity index (χ4v) is 13.6. The van der Waals surface area contributed by atoms with E-state index in [4.69, 9.17) is 4.74 Å². The van der Waals surface area contributed by atoms with Crippen LogP contribution in [0.15, 0.2) is 182 Å². The van der Waals surface area contributed by atoms with Crippen molar-refractivity contribution in [2.45, 2.75) is 176 Å². The maximum atomic E-state index is 7.51. The van der Waals surface area contributed by atoms with Crippen LogP contribution in [0.4, 0.5) is 51.2 Å². The van der Waals surface area contributed by atoms with E-state index in [0.717, 1.165) is 51.3 Å². The quantitative estimate of drug-likeness (QED) is 0.148. The molecule has 0 spiro atoms. The molecule has 0 unspecified atom stereocenters. The van der Waals surface area contributed by atoms with E-state index in [1.54, 1.807) is 0 Å². The molecule has 0 N–H and O–H groups in total. The molecular weight excluding hydrogens is 1040 g/mol. The molecule has 12 rings (SSSR count). The third kappa shape index (κ3) is 10.1. The molecule has 2 heterocycles. The summed E-state index contributed by atoms with van der Waals surface area (Å²) >= 11 is 0. The molecule has 3 aliphatic rings. The van der Waals surface area contributed by atoms with E-state index in [9.17, 15) is 0 Å². The molecule has 0 saturated heterocycles. The number of anilines is 9. The molecule has 0 amide bonds. The molecule has 0 aromatic heterocycles. The second-order valence-corrected chi connectivity index (χ2v) is 31.7. The van der Waals surface area contributed by atoms with Gasteiger partial charge in [0.25, 0.3) is 6.71 Å². The van der Waals surface area contributed by atoms with Crippen LogP contribution in [-0.2, 0) is 37.9 Å². The standard InChI is InChI=1S/C81H90BN3O/c1-75(2,3)51-25-35-57(36-26-51)83(58-37-27-52(28-38-58)76(4,5)6)61-49-69-74-71(50-61)86-70-46-34-56(80(16,17)18)48-65(70)82(74)64-47-55(79(13,14)15)33-43-66(64)85(69)67-44-45-68(73-72(67)62-23-21-22-24-63(62)81(73,19)20)84(59-39-29-53(30-40-59)77(7,8)9)60-41-31-54(32-42-60)78(10,11)12/h21-50H,1-20H3. The van der Waals surface area contributed by atoms with Gasteiger partial charge in [-0.05, 0) is 178 Å². The summed E-state index contributed by atoms with van der Waals surface area (Å²) in [4.78, 5) is 7.61. The summed E-state index contributed by atoms with van der Waals surface area (Å²) in [5, 5.41) is 0. The second kappa shape index (κ2) is 20.2. The minimum atomic E-state index is -0.397. The van der Waals surface area contributed by atoms with Gasteiger partial charge in [-0.25, -0.2) is 0 Å². The van der Waals surface area contributed by atoms with Crippen molar-refractivity contribution in [2.24, 2.45) is 0 Å². The van der Waals surface area contributed by atoms with Gasteiger partial charge in [-0.3, -0.25) is 0 Å². The Hall–Kier alpha value is -7.76. The van der Waals surface area contributed by atoms with Crippen LogP contribution >= 0.6 is 0 Å². The first-order valence-corrected chi connectivity index (χ1v) is 31.4. The Morgan fingerprint density at radius 3 is 1.23 bits per heavy atom. The molecule has 0 saturated carbocycles. The molecular formula is C81H90BN3O. The van der Waals surface area contributed by atoms with Gasteiger partial charge in [-0.2, -0.15) is 0 Å². The van der Waals surface area contributed by atoms with E-state index in [2.05, 4.69) is 335 Å². The molecule has 2 aliphatic heterocycles. The number of rotatable bonds is 7. The SMILES string of the molecule is CC(C)(C)c1ccc(N(c2ccc(C(C)(C)C)cc2)c2cc3c4c(c2)N(c2ccc(N(c5ccc(C(C)(C)C)cc5)c5ccc(C(C)(C)C)cc5)c5c2-c2ccccc2C5(C)C)c2ccc(C(C)(C)C)cc2B4c2cc(C(C)(C)C)ccc2O3)cc1. The molecule has 9 aromatic carbocycles. The van der Waals surface area contributed by atoms with Gasteiger partial charge in [-0.15, -0.1) is 0 Å². The smallest absolute Gasteiger partial charge is 0.256 e. The lowest BCUT2D eigenvalue weighted by atomic mass is 9.33. The lowest BCUT2D eigenvalue weighted by Crippen LogP contribution is -2.60. The van der Waals surface area contributed by atoms with Gasteiger partial charge < -0.3 is 19.4 Å². The Morgan fingerprint density at radius 1 is 0.360 bits per heavy atom. The maximum absolute atomic E-state index is 7.51. The van der Waals surface area contributed by atoms with Crippen LogP contribution in [0.2, 0.25) is 0 Å². The summed E-state index contributed by atoms with van der Waals surface area (Å²) in [7, 11) is 0. The minimum Gasteiger partial charge on any atom is -0.458 e. The normalized spacial score (nSPS) is 14.4. The Labute approximate surface area is 516 Å². The highest BCUT2D eigenvalue weighted by Gasteiger charge is 2.47. The molecule has 1 aliphatic carbocycles. The Balaban J connectivity index is 1.18. The first-order chi connectivity index (χ1) is 40.2. The molecule has 0 fully saturated rings. The summed E-state index contributed by atoms with van der Waals surface area (Å²) in [5.74, 6) is 1.78. The van der Waals surface area contributed by atoms with E-state index >= 15 is 0 Å². The Kier molecular flexibility index (Phi) is 13.7. The largest absolute Gasteiger partial charge is 0.458 e. The zero-order chi connectivity index (χ0) is 61.6. The second-order valence-electron chi connectivity index (χ2n) is 31.7. The van der Waals surface area contributed by atoms with Gasteiger partial charge in [0.2, 0.25) is 0 Å². The van der Waals surface area contributed by atoms with Gasteiger partial charge in [0.15, 0.2) is 0 Å². The molecule has 438 valence electrons. The molecule has 86 heavy (non-hydrogen) atoms. The number of nitrogens with zero attached hydrogens (tertiary/aromatic N) is 3. The zero-order valence-electron chi connectivity index (χ0n) is 55.1. The lowest BCUT2D eigenvalue weighted by Gasteiger charge is -2.43. The lowest BCUT2D eigenvalue weighted by molar-refractivity contribution is 0.486. The van der Waals surface area contributed by atoms with Crippen LogP contribution in [0.25, 0.3) is 11.1 Å². The Morgan fingerprint density at radius 2 is 0.767 bits per heavy atom. The van der Waals surface area contributed by atoms with E-state index in [0.29, 0.717) is 0 Å². The Bertz CT molecular complexity index is 3970. The van der Waals surface area contributed by atoms with Gasteiger partial charge in [0, 0.05) is 51.2 Å². The van der Waals surface area contributed by atoms with Crippen LogP contribution < -0.4 is 35.8 Å². The van der Waals surface area contributed by atoms with Crippen molar-refractivity contribution in [1.29, 1.82) is 0 Å². The van der Waals surface area contributed by atoms with E-state index in [1.165, 1.54) is 83.4 Å². The predicted molar refractivity (Wildman–Crippen MR) is 371 cm³/mol. The highest BCUT2D eigenvalue weighted by Crippen LogP contribution is 2.60.